The van der Waals surface area contributed by atoms with E-state index in [-0.39, 0.29) is 12.1 Å². The fourth-order valence-electron chi connectivity index (χ4n) is 3.59. The van der Waals surface area contributed by atoms with Gasteiger partial charge in [0.2, 0.25) is 0 Å². The van der Waals surface area contributed by atoms with Crippen molar-refractivity contribution in [1.82, 2.24) is 4.90 Å². The number of hydrogen-bond acceptors (Lipinski definition) is 3. The van der Waals surface area contributed by atoms with Gasteiger partial charge in [0.1, 0.15) is 11.5 Å². The van der Waals surface area contributed by atoms with Gasteiger partial charge in [-0.05, 0) is 69.7 Å². The molecule has 21 heavy (non-hydrogen) atoms. The van der Waals surface area contributed by atoms with E-state index in [0.717, 1.165) is 42.9 Å². The fourth-order valence-corrected chi connectivity index (χ4v) is 3.59. The Bertz CT molecular complexity index is 427. The minimum atomic E-state index is 0.145. The van der Waals surface area contributed by atoms with E-state index in [4.69, 9.17) is 10.2 Å². The highest BCUT2D eigenvalue weighted by atomic mass is 16.3. The molecule has 0 radical (unpaired) electrons. The average molecular weight is 292 g/mol. The van der Waals surface area contributed by atoms with E-state index in [0.29, 0.717) is 0 Å². The van der Waals surface area contributed by atoms with Crippen molar-refractivity contribution < 1.29 is 4.42 Å². The van der Waals surface area contributed by atoms with Crippen LogP contribution in [0.25, 0.3) is 0 Å². The molecule has 0 saturated carbocycles. The molecule has 2 N–H and O–H groups in total. The van der Waals surface area contributed by atoms with Crippen molar-refractivity contribution in [3.8, 4) is 0 Å². The molecule has 1 saturated heterocycles. The SMILES string of the molecule is CCC(N)C(c1ccc(C)o1)N1CCCC(C(C)C)CC1. The van der Waals surface area contributed by atoms with Crippen molar-refractivity contribution in [2.45, 2.75) is 65.5 Å². The van der Waals surface area contributed by atoms with Gasteiger partial charge in [0, 0.05) is 6.04 Å². The summed E-state index contributed by atoms with van der Waals surface area (Å²) >= 11 is 0. The highest BCUT2D eigenvalue weighted by molar-refractivity contribution is 5.12. The van der Waals surface area contributed by atoms with Crippen molar-refractivity contribution in [2.24, 2.45) is 17.6 Å². The van der Waals surface area contributed by atoms with E-state index in [1.54, 1.807) is 0 Å². The summed E-state index contributed by atoms with van der Waals surface area (Å²) in [4.78, 5) is 2.56. The molecule has 3 heteroatoms. The first-order valence-electron chi connectivity index (χ1n) is 8.58. The minimum Gasteiger partial charge on any atom is -0.465 e. The van der Waals surface area contributed by atoms with E-state index in [1.807, 2.05) is 6.92 Å². The van der Waals surface area contributed by atoms with Gasteiger partial charge >= 0.3 is 0 Å². The summed E-state index contributed by atoms with van der Waals surface area (Å²) in [6.07, 6.45) is 4.88. The van der Waals surface area contributed by atoms with Crippen LogP contribution in [0.2, 0.25) is 0 Å². The molecule has 1 aromatic heterocycles. The van der Waals surface area contributed by atoms with Gasteiger partial charge in [0.15, 0.2) is 0 Å². The number of furan rings is 1. The molecule has 3 atom stereocenters. The van der Waals surface area contributed by atoms with Gasteiger partial charge in [0.25, 0.3) is 0 Å². The summed E-state index contributed by atoms with van der Waals surface area (Å²) in [7, 11) is 0. The van der Waals surface area contributed by atoms with Gasteiger partial charge in [0.05, 0.1) is 6.04 Å². The molecule has 1 fully saturated rings. The molecule has 1 aromatic rings. The summed E-state index contributed by atoms with van der Waals surface area (Å²) in [6, 6.07) is 4.54. The lowest BCUT2D eigenvalue weighted by Gasteiger charge is -2.33. The van der Waals surface area contributed by atoms with Crippen LogP contribution in [-0.4, -0.2) is 24.0 Å². The standard InChI is InChI=1S/C18H32N2O/c1-5-16(19)18(17-9-8-14(4)21-17)20-11-6-7-15(10-12-20)13(2)3/h8-9,13,15-16,18H,5-7,10-12,19H2,1-4H3. The third kappa shape index (κ3) is 4.10. The van der Waals surface area contributed by atoms with Crippen molar-refractivity contribution in [3.05, 3.63) is 23.7 Å². The number of nitrogens with zero attached hydrogens (tertiary/aromatic N) is 1. The number of aryl methyl sites for hydroxylation is 1. The zero-order valence-electron chi connectivity index (χ0n) is 14.1. The quantitative estimate of drug-likeness (QED) is 0.887. The molecule has 1 aliphatic rings. The third-order valence-corrected chi connectivity index (χ3v) is 5.07. The lowest BCUT2D eigenvalue weighted by atomic mass is 9.89. The van der Waals surface area contributed by atoms with Crippen LogP contribution in [-0.2, 0) is 0 Å². The Morgan fingerprint density at radius 2 is 2.05 bits per heavy atom. The van der Waals surface area contributed by atoms with E-state index >= 15 is 0 Å². The van der Waals surface area contributed by atoms with Crippen molar-refractivity contribution in [1.29, 1.82) is 0 Å². The van der Waals surface area contributed by atoms with Gasteiger partial charge in [-0.2, -0.15) is 0 Å². The largest absolute Gasteiger partial charge is 0.465 e. The Hall–Kier alpha value is -0.800. The van der Waals surface area contributed by atoms with E-state index in [9.17, 15) is 0 Å². The summed E-state index contributed by atoms with van der Waals surface area (Å²) in [5.74, 6) is 3.67. The second-order valence-electron chi connectivity index (χ2n) is 6.94. The van der Waals surface area contributed by atoms with Crippen LogP contribution in [0.1, 0.15) is 64.0 Å². The zero-order valence-corrected chi connectivity index (χ0v) is 14.1. The highest BCUT2D eigenvalue weighted by Gasteiger charge is 2.30. The van der Waals surface area contributed by atoms with Gasteiger partial charge in [-0.15, -0.1) is 0 Å². The van der Waals surface area contributed by atoms with Crippen molar-refractivity contribution >= 4 is 0 Å². The zero-order chi connectivity index (χ0) is 15.4. The molecule has 0 aliphatic carbocycles. The molecule has 120 valence electrons. The smallest absolute Gasteiger partial charge is 0.122 e. The molecule has 0 bridgehead atoms. The van der Waals surface area contributed by atoms with E-state index in [2.05, 4.69) is 37.8 Å². The number of rotatable bonds is 5. The molecular weight excluding hydrogens is 260 g/mol. The third-order valence-electron chi connectivity index (χ3n) is 5.07. The van der Waals surface area contributed by atoms with Crippen LogP contribution in [0.3, 0.4) is 0 Å². The molecule has 2 heterocycles. The van der Waals surface area contributed by atoms with Crippen LogP contribution in [0, 0.1) is 18.8 Å². The molecule has 2 rings (SSSR count). The Balaban J connectivity index is 2.13. The van der Waals surface area contributed by atoms with Gasteiger partial charge in [-0.25, -0.2) is 0 Å². The monoisotopic (exact) mass is 292 g/mol. The number of likely N-dealkylation sites (tertiary alicyclic amines) is 1. The summed E-state index contributed by atoms with van der Waals surface area (Å²) in [5, 5.41) is 0. The van der Waals surface area contributed by atoms with Crippen LogP contribution in [0.4, 0.5) is 0 Å². The maximum atomic E-state index is 6.43. The Kier molecular flexibility index (Phi) is 5.88. The summed E-state index contributed by atoms with van der Waals surface area (Å²) in [6.45, 7) is 11.2. The predicted molar refractivity (Wildman–Crippen MR) is 88.2 cm³/mol. The van der Waals surface area contributed by atoms with Crippen molar-refractivity contribution in [3.63, 3.8) is 0 Å². The average Bonchev–Trinajstić information content (AvgIpc) is 2.73. The molecule has 3 nitrogen and oxygen atoms in total. The Morgan fingerprint density at radius 1 is 1.29 bits per heavy atom. The van der Waals surface area contributed by atoms with Gasteiger partial charge < -0.3 is 10.2 Å². The second kappa shape index (κ2) is 7.46. The van der Waals surface area contributed by atoms with Gasteiger partial charge in [-0.1, -0.05) is 20.8 Å². The van der Waals surface area contributed by atoms with Crippen LogP contribution in [0.15, 0.2) is 16.5 Å². The van der Waals surface area contributed by atoms with Crippen LogP contribution < -0.4 is 5.73 Å². The predicted octanol–water partition coefficient (Wildman–Crippen LogP) is 4.12. The first-order valence-corrected chi connectivity index (χ1v) is 8.58. The lowest BCUT2D eigenvalue weighted by molar-refractivity contribution is 0.149. The maximum Gasteiger partial charge on any atom is 0.122 e. The first kappa shape index (κ1) is 16.6. The molecule has 0 amide bonds. The fraction of sp³-hybridized carbons (Fsp3) is 0.778. The molecule has 1 aliphatic heterocycles. The molecule has 0 aromatic carbocycles. The summed E-state index contributed by atoms with van der Waals surface area (Å²) < 4.78 is 5.92. The minimum absolute atomic E-state index is 0.145. The molecule has 3 unspecified atom stereocenters. The van der Waals surface area contributed by atoms with Crippen molar-refractivity contribution in [2.75, 3.05) is 13.1 Å². The Labute approximate surface area is 129 Å². The highest BCUT2D eigenvalue weighted by Crippen LogP contribution is 2.32. The van der Waals surface area contributed by atoms with Crippen LogP contribution >= 0.6 is 0 Å². The maximum absolute atomic E-state index is 6.43. The topological polar surface area (TPSA) is 42.4 Å². The Morgan fingerprint density at radius 3 is 2.62 bits per heavy atom. The number of nitrogens with two attached hydrogens (primary N) is 1. The summed E-state index contributed by atoms with van der Waals surface area (Å²) in [5.41, 5.74) is 6.43. The van der Waals surface area contributed by atoms with E-state index < -0.39 is 0 Å². The number of hydrogen-bond donors (Lipinski definition) is 1. The molecule has 0 spiro atoms. The molecular formula is C18H32N2O. The van der Waals surface area contributed by atoms with Crippen LogP contribution in [0.5, 0.6) is 0 Å². The van der Waals surface area contributed by atoms with E-state index in [1.165, 1.54) is 19.3 Å². The lowest BCUT2D eigenvalue weighted by Crippen LogP contribution is -2.41. The first-order chi connectivity index (χ1) is 10.0. The van der Waals surface area contributed by atoms with Gasteiger partial charge in [-0.3, -0.25) is 4.90 Å². The second-order valence-corrected chi connectivity index (χ2v) is 6.94. The normalized spacial score (nSPS) is 24.0.